The van der Waals surface area contributed by atoms with E-state index < -0.39 is 16.1 Å². The van der Waals surface area contributed by atoms with Gasteiger partial charge in [-0.15, -0.1) is 0 Å². The molecular weight excluding hydrogens is 406 g/mol. The maximum absolute atomic E-state index is 12.9. The van der Waals surface area contributed by atoms with Gasteiger partial charge in [-0.2, -0.15) is 4.72 Å². The van der Waals surface area contributed by atoms with E-state index >= 15 is 0 Å². The highest BCUT2D eigenvalue weighted by molar-refractivity contribution is 7.89. The van der Waals surface area contributed by atoms with Crippen LogP contribution < -0.4 is 19.5 Å². The minimum Gasteiger partial charge on any atom is -0.490 e. The van der Waals surface area contributed by atoms with Crippen LogP contribution in [0.15, 0.2) is 23.1 Å². The van der Waals surface area contributed by atoms with Gasteiger partial charge in [-0.1, -0.05) is 20.8 Å². The maximum Gasteiger partial charge on any atom is 0.241 e. The summed E-state index contributed by atoms with van der Waals surface area (Å²) in [5.41, 5.74) is 0. The van der Waals surface area contributed by atoms with Crippen LogP contribution in [-0.4, -0.2) is 64.2 Å². The Morgan fingerprint density at radius 1 is 1.13 bits per heavy atom. The van der Waals surface area contributed by atoms with Gasteiger partial charge in [0.25, 0.3) is 0 Å². The molecule has 1 heterocycles. The molecule has 0 bridgehead atoms. The van der Waals surface area contributed by atoms with Gasteiger partial charge >= 0.3 is 0 Å². The summed E-state index contributed by atoms with van der Waals surface area (Å²) >= 11 is 0. The fraction of sp³-hybridized carbons (Fsp3) is 0.667. The number of nitrogens with zero attached hydrogens (tertiary/aromatic N) is 1. The molecule has 1 amide bonds. The molecule has 0 fully saturated rings. The number of carbonyl (C=O) groups is 1. The molecule has 9 heteroatoms. The Kier molecular flexibility index (Phi) is 8.93. The molecule has 1 atom stereocenters. The molecule has 2 N–H and O–H groups in total. The van der Waals surface area contributed by atoms with Crippen LogP contribution in [0.1, 0.15) is 41.0 Å². The monoisotopic (exact) mass is 441 g/mol. The Bertz CT molecular complexity index is 811. The van der Waals surface area contributed by atoms with E-state index in [2.05, 4.69) is 35.7 Å². The molecule has 0 spiro atoms. The number of likely N-dealkylation sites (N-methyl/N-ethyl adjacent to an activating group) is 1. The molecule has 2 rings (SSSR count). The Labute approximate surface area is 180 Å². The summed E-state index contributed by atoms with van der Waals surface area (Å²) in [6.45, 7) is 12.9. The Morgan fingerprint density at radius 3 is 2.40 bits per heavy atom. The molecule has 1 aromatic rings. The second-order valence-electron chi connectivity index (χ2n) is 8.02. The standard InChI is InChI=1S/C21H35N3O5S/c1-6-24(16(4)5)11-10-22-21(25)20(15(2)3)23-30(26,27)17-8-9-18-19(14-17)29-13-7-12-28-18/h8-9,14-16,20,23H,6-7,10-13H2,1-5H3,(H,22,25). The van der Waals surface area contributed by atoms with E-state index in [1.807, 2.05) is 13.8 Å². The first-order valence-corrected chi connectivity index (χ1v) is 12.1. The van der Waals surface area contributed by atoms with Crippen molar-refractivity contribution >= 4 is 15.9 Å². The number of ether oxygens (including phenoxy) is 2. The number of hydrogen-bond donors (Lipinski definition) is 2. The lowest BCUT2D eigenvalue weighted by Gasteiger charge is -2.26. The smallest absolute Gasteiger partial charge is 0.241 e. The van der Waals surface area contributed by atoms with Crippen LogP contribution in [0.5, 0.6) is 11.5 Å². The number of amides is 1. The van der Waals surface area contributed by atoms with Gasteiger partial charge in [-0.25, -0.2) is 8.42 Å². The van der Waals surface area contributed by atoms with Crippen molar-refractivity contribution in [3.63, 3.8) is 0 Å². The molecule has 30 heavy (non-hydrogen) atoms. The normalized spacial score (nSPS) is 15.3. The molecule has 1 aromatic carbocycles. The van der Waals surface area contributed by atoms with Crippen molar-refractivity contribution in [2.75, 3.05) is 32.8 Å². The molecule has 1 aliphatic heterocycles. The lowest BCUT2D eigenvalue weighted by atomic mass is 10.1. The van der Waals surface area contributed by atoms with Gasteiger partial charge in [0.15, 0.2) is 11.5 Å². The predicted octanol–water partition coefficient (Wildman–Crippen LogP) is 2.00. The molecule has 1 aliphatic rings. The third-order valence-corrected chi connectivity index (χ3v) is 6.53. The number of rotatable bonds is 10. The number of nitrogens with one attached hydrogen (secondary N) is 2. The van der Waals surface area contributed by atoms with Gasteiger partial charge in [0, 0.05) is 31.6 Å². The lowest BCUT2D eigenvalue weighted by Crippen LogP contribution is -2.51. The van der Waals surface area contributed by atoms with E-state index in [0.717, 1.165) is 13.0 Å². The number of carbonyl (C=O) groups excluding carboxylic acids is 1. The van der Waals surface area contributed by atoms with Gasteiger partial charge in [0.05, 0.1) is 18.1 Å². The highest BCUT2D eigenvalue weighted by Gasteiger charge is 2.29. The summed E-state index contributed by atoms with van der Waals surface area (Å²) in [6, 6.07) is 4.00. The van der Waals surface area contributed by atoms with E-state index in [4.69, 9.17) is 9.47 Å². The van der Waals surface area contributed by atoms with Gasteiger partial charge in [0.2, 0.25) is 15.9 Å². The van der Waals surface area contributed by atoms with Gasteiger partial charge < -0.3 is 14.8 Å². The third-order valence-electron chi connectivity index (χ3n) is 5.10. The summed E-state index contributed by atoms with van der Waals surface area (Å²) in [4.78, 5) is 15.0. The summed E-state index contributed by atoms with van der Waals surface area (Å²) in [7, 11) is -3.91. The zero-order valence-corrected chi connectivity index (χ0v) is 19.4. The first kappa shape index (κ1) is 24.4. The largest absolute Gasteiger partial charge is 0.490 e. The predicted molar refractivity (Wildman–Crippen MR) is 116 cm³/mol. The second-order valence-corrected chi connectivity index (χ2v) is 9.73. The fourth-order valence-corrected chi connectivity index (χ4v) is 4.61. The average Bonchev–Trinajstić information content (AvgIpc) is 2.93. The quantitative estimate of drug-likeness (QED) is 0.576. The Balaban J connectivity index is 2.07. The van der Waals surface area contributed by atoms with Crippen molar-refractivity contribution in [2.24, 2.45) is 5.92 Å². The van der Waals surface area contributed by atoms with Gasteiger partial charge in [0.1, 0.15) is 6.04 Å². The zero-order valence-electron chi connectivity index (χ0n) is 18.6. The van der Waals surface area contributed by atoms with Crippen LogP contribution in [0.25, 0.3) is 0 Å². The van der Waals surface area contributed by atoms with E-state index in [1.54, 1.807) is 6.07 Å². The molecule has 0 saturated carbocycles. The van der Waals surface area contributed by atoms with Gasteiger partial charge in [-0.05, 0) is 38.4 Å². The van der Waals surface area contributed by atoms with Crippen LogP contribution in [0, 0.1) is 5.92 Å². The second kappa shape index (κ2) is 11.0. The van der Waals surface area contributed by atoms with Crippen molar-refractivity contribution in [3.8, 4) is 11.5 Å². The summed E-state index contributed by atoms with van der Waals surface area (Å²) < 4.78 is 39.6. The van der Waals surface area contributed by atoms with Crippen molar-refractivity contribution in [3.05, 3.63) is 18.2 Å². The summed E-state index contributed by atoms with van der Waals surface area (Å²) in [6.07, 6.45) is 0.733. The molecule has 0 aliphatic carbocycles. The molecule has 0 aromatic heterocycles. The maximum atomic E-state index is 12.9. The van der Waals surface area contributed by atoms with Crippen LogP contribution in [0.2, 0.25) is 0 Å². The fourth-order valence-electron chi connectivity index (χ4n) is 3.25. The van der Waals surface area contributed by atoms with Crippen molar-refractivity contribution in [2.45, 2.75) is 58.0 Å². The zero-order chi connectivity index (χ0) is 22.3. The third kappa shape index (κ3) is 6.58. The molecule has 8 nitrogen and oxygen atoms in total. The molecule has 0 saturated heterocycles. The lowest BCUT2D eigenvalue weighted by molar-refractivity contribution is -0.123. The van der Waals surface area contributed by atoms with E-state index in [0.29, 0.717) is 43.8 Å². The van der Waals surface area contributed by atoms with Crippen LogP contribution in [0.3, 0.4) is 0 Å². The molecule has 170 valence electrons. The first-order chi connectivity index (χ1) is 14.2. The summed E-state index contributed by atoms with van der Waals surface area (Å²) in [5, 5.41) is 2.86. The van der Waals surface area contributed by atoms with Crippen LogP contribution in [0.4, 0.5) is 0 Å². The summed E-state index contributed by atoms with van der Waals surface area (Å²) in [5.74, 6) is 0.375. The van der Waals surface area contributed by atoms with Gasteiger partial charge in [-0.3, -0.25) is 9.69 Å². The van der Waals surface area contributed by atoms with E-state index in [1.165, 1.54) is 12.1 Å². The number of hydrogen-bond acceptors (Lipinski definition) is 6. The number of fused-ring (bicyclic) bond motifs is 1. The molecular formula is C21H35N3O5S. The minimum atomic E-state index is -3.91. The van der Waals surface area contributed by atoms with Crippen molar-refractivity contribution in [1.82, 2.24) is 14.9 Å². The first-order valence-electron chi connectivity index (χ1n) is 10.6. The van der Waals surface area contributed by atoms with E-state index in [-0.39, 0.29) is 16.7 Å². The number of sulfonamides is 1. The van der Waals surface area contributed by atoms with Crippen molar-refractivity contribution < 1.29 is 22.7 Å². The minimum absolute atomic E-state index is 0.0437. The highest BCUT2D eigenvalue weighted by Crippen LogP contribution is 2.32. The molecule has 1 unspecified atom stereocenters. The highest BCUT2D eigenvalue weighted by atomic mass is 32.2. The Hall–Kier alpha value is -1.84. The topological polar surface area (TPSA) is 97.0 Å². The Morgan fingerprint density at radius 2 is 1.80 bits per heavy atom. The number of benzene rings is 1. The van der Waals surface area contributed by atoms with Crippen LogP contribution >= 0.6 is 0 Å². The van der Waals surface area contributed by atoms with E-state index in [9.17, 15) is 13.2 Å². The SMILES string of the molecule is CCN(CCNC(=O)C(NS(=O)(=O)c1ccc2c(c1)OCCCO2)C(C)C)C(C)C. The van der Waals surface area contributed by atoms with Crippen LogP contribution in [-0.2, 0) is 14.8 Å². The van der Waals surface area contributed by atoms with Crippen molar-refractivity contribution in [1.29, 1.82) is 0 Å². The average molecular weight is 442 g/mol. The molecule has 0 radical (unpaired) electrons.